The van der Waals surface area contributed by atoms with Crippen LogP contribution in [0.5, 0.6) is 0 Å². The van der Waals surface area contributed by atoms with E-state index in [-0.39, 0.29) is 11.3 Å². The minimum atomic E-state index is -3.95. The monoisotopic (exact) mass is 216 g/mol. The van der Waals surface area contributed by atoms with Crippen molar-refractivity contribution >= 4 is 21.9 Å². The number of anilines is 1. The van der Waals surface area contributed by atoms with Crippen LogP contribution in [0.4, 0.5) is 5.69 Å². The van der Waals surface area contributed by atoms with E-state index in [2.05, 4.69) is 0 Å². The van der Waals surface area contributed by atoms with E-state index < -0.39 is 16.2 Å². The number of hydrogen-bond donors (Lipinski definition) is 3. The molecule has 0 heterocycles. The highest BCUT2D eigenvalue weighted by atomic mass is 32.2. The van der Waals surface area contributed by atoms with Gasteiger partial charge in [0.25, 0.3) is 10.2 Å². The molecule has 14 heavy (non-hydrogen) atoms. The van der Waals surface area contributed by atoms with Crippen molar-refractivity contribution in [3.8, 4) is 0 Å². The van der Waals surface area contributed by atoms with Crippen LogP contribution in [-0.2, 0) is 10.2 Å². The second-order valence-electron chi connectivity index (χ2n) is 2.50. The van der Waals surface area contributed by atoms with E-state index in [0.717, 1.165) is 0 Å². The molecule has 0 aliphatic carbocycles. The highest BCUT2D eigenvalue weighted by Gasteiger charge is 2.11. The highest BCUT2D eigenvalue weighted by molar-refractivity contribution is 7.90. The Bertz CT molecular complexity index is 455. The molecule has 0 fully saturated rings. The molecule has 0 spiro atoms. The van der Waals surface area contributed by atoms with Gasteiger partial charge < -0.3 is 5.11 Å². The first-order valence-corrected chi connectivity index (χ1v) is 5.07. The molecule has 76 valence electrons. The molecule has 1 rings (SSSR count). The van der Waals surface area contributed by atoms with Gasteiger partial charge in [-0.3, -0.25) is 4.72 Å². The van der Waals surface area contributed by atoms with Crippen LogP contribution in [-0.4, -0.2) is 19.5 Å². The lowest BCUT2D eigenvalue weighted by atomic mass is 10.2. The Morgan fingerprint density at radius 1 is 1.36 bits per heavy atom. The molecular weight excluding hydrogens is 208 g/mol. The number of hydrogen-bond acceptors (Lipinski definition) is 3. The molecule has 0 bridgehead atoms. The maximum absolute atomic E-state index is 10.6. The molecule has 0 aliphatic rings. The minimum Gasteiger partial charge on any atom is -0.478 e. The maximum atomic E-state index is 10.6. The number of para-hydroxylation sites is 1. The summed E-state index contributed by atoms with van der Waals surface area (Å²) in [4.78, 5) is 10.6. The van der Waals surface area contributed by atoms with Crippen LogP contribution in [0.15, 0.2) is 24.3 Å². The maximum Gasteiger partial charge on any atom is 0.337 e. The molecule has 1 aromatic carbocycles. The van der Waals surface area contributed by atoms with Gasteiger partial charge in [0.1, 0.15) is 0 Å². The predicted molar refractivity (Wildman–Crippen MR) is 50.1 cm³/mol. The zero-order valence-corrected chi connectivity index (χ0v) is 7.78. The van der Waals surface area contributed by atoms with Crippen molar-refractivity contribution < 1.29 is 18.3 Å². The Morgan fingerprint density at radius 3 is 2.43 bits per heavy atom. The van der Waals surface area contributed by atoms with Gasteiger partial charge in [-0.25, -0.2) is 9.93 Å². The summed E-state index contributed by atoms with van der Waals surface area (Å²) in [5.41, 5.74) is -0.205. The lowest BCUT2D eigenvalue weighted by Gasteiger charge is -2.05. The van der Waals surface area contributed by atoms with Gasteiger partial charge in [-0.15, -0.1) is 0 Å². The van der Waals surface area contributed by atoms with Crippen molar-refractivity contribution in [1.29, 1.82) is 0 Å². The Kier molecular flexibility index (Phi) is 2.73. The third-order valence-corrected chi connectivity index (χ3v) is 1.91. The van der Waals surface area contributed by atoms with Gasteiger partial charge in [0.05, 0.1) is 11.3 Å². The van der Waals surface area contributed by atoms with Crippen LogP contribution in [0.25, 0.3) is 0 Å². The number of aromatic carboxylic acids is 1. The molecule has 4 N–H and O–H groups in total. The van der Waals surface area contributed by atoms with Crippen LogP contribution >= 0.6 is 0 Å². The van der Waals surface area contributed by atoms with E-state index in [9.17, 15) is 13.2 Å². The van der Waals surface area contributed by atoms with E-state index in [0.29, 0.717) is 0 Å². The highest BCUT2D eigenvalue weighted by Crippen LogP contribution is 2.15. The molecule has 1 aromatic rings. The number of carbonyl (C=O) groups is 1. The summed E-state index contributed by atoms with van der Waals surface area (Å²) < 4.78 is 23.2. The number of nitrogens with two attached hydrogens (primary N) is 1. The Labute approximate surface area is 80.5 Å². The fourth-order valence-electron chi connectivity index (χ4n) is 0.912. The molecule has 0 saturated heterocycles. The summed E-state index contributed by atoms with van der Waals surface area (Å²) in [6.45, 7) is 0. The summed E-state index contributed by atoms with van der Waals surface area (Å²) in [5.74, 6) is -1.23. The van der Waals surface area contributed by atoms with Crippen molar-refractivity contribution in [2.75, 3.05) is 4.72 Å². The average molecular weight is 216 g/mol. The van der Waals surface area contributed by atoms with Gasteiger partial charge in [-0.2, -0.15) is 8.42 Å². The van der Waals surface area contributed by atoms with E-state index in [1.807, 2.05) is 4.72 Å². The molecule has 0 amide bonds. The number of carboxylic acid groups (broad SMARTS) is 1. The van der Waals surface area contributed by atoms with Crippen molar-refractivity contribution in [2.24, 2.45) is 5.14 Å². The second-order valence-corrected chi connectivity index (χ2v) is 3.79. The van der Waals surface area contributed by atoms with Crippen LogP contribution in [0, 0.1) is 0 Å². The molecule has 0 unspecified atom stereocenters. The fraction of sp³-hybridized carbons (Fsp3) is 0. The largest absolute Gasteiger partial charge is 0.478 e. The van der Waals surface area contributed by atoms with Crippen molar-refractivity contribution in [3.63, 3.8) is 0 Å². The summed E-state index contributed by atoms with van der Waals surface area (Å²) in [5, 5.41) is 13.4. The third kappa shape index (κ3) is 2.71. The molecular formula is C7H8N2O4S. The van der Waals surface area contributed by atoms with Crippen molar-refractivity contribution in [1.82, 2.24) is 0 Å². The Balaban J connectivity index is 3.15. The standard InChI is InChI=1S/C7H8N2O4S/c8-14(12,13)9-6-4-2-1-3-5(6)7(10)11/h1-4,9H,(H,10,11)(H2,8,12,13). The SMILES string of the molecule is NS(=O)(=O)Nc1ccccc1C(=O)O. The number of nitrogens with one attached hydrogen (secondary N) is 1. The van der Waals surface area contributed by atoms with Gasteiger partial charge in [-0.05, 0) is 12.1 Å². The van der Waals surface area contributed by atoms with Crippen LogP contribution < -0.4 is 9.86 Å². The summed E-state index contributed by atoms with van der Waals surface area (Å²) in [7, 11) is -3.95. The average Bonchev–Trinajstić information content (AvgIpc) is 2.01. The number of rotatable bonds is 3. The molecule has 0 aromatic heterocycles. The topological polar surface area (TPSA) is 109 Å². The third-order valence-electron chi connectivity index (χ3n) is 1.41. The quantitative estimate of drug-likeness (QED) is 0.660. The van der Waals surface area contributed by atoms with Crippen molar-refractivity contribution in [2.45, 2.75) is 0 Å². The zero-order valence-electron chi connectivity index (χ0n) is 6.97. The predicted octanol–water partition coefficient (Wildman–Crippen LogP) is 0.000200. The Hall–Kier alpha value is -1.60. The van der Waals surface area contributed by atoms with E-state index in [4.69, 9.17) is 10.2 Å². The van der Waals surface area contributed by atoms with Gasteiger partial charge in [0, 0.05) is 0 Å². The lowest BCUT2D eigenvalue weighted by molar-refractivity contribution is 0.0698. The van der Waals surface area contributed by atoms with Crippen LogP contribution in [0.3, 0.4) is 0 Å². The number of carboxylic acids is 1. The van der Waals surface area contributed by atoms with Gasteiger partial charge >= 0.3 is 5.97 Å². The first-order chi connectivity index (χ1) is 6.40. The fourth-order valence-corrected chi connectivity index (χ4v) is 1.40. The molecule has 0 saturated carbocycles. The minimum absolute atomic E-state index is 0.0532. The summed E-state index contributed by atoms with van der Waals surface area (Å²) in [6, 6.07) is 5.57. The van der Waals surface area contributed by atoms with E-state index in [1.54, 1.807) is 0 Å². The van der Waals surface area contributed by atoms with Gasteiger partial charge in [0.15, 0.2) is 0 Å². The normalized spacial score (nSPS) is 10.9. The molecule has 6 nitrogen and oxygen atoms in total. The van der Waals surface area contributed by atoms with Crippen LogP contribution in [0.1, 0.15) is 10.4 Å². The molecule has 0 aliphatic heterocycles. The van der Waals surface area contributed by atoms with Gasteiger partial charge in [-0.1, -0.05) is 12.1 Å². The Morgan fingerprint density at radius 2 is 1.93 bits per heavy atom. The van der Waals surface area contributed by atoms with Crippen molar-refractivity contribution in [3.05, 3.63) is 29.8 Å². The first-order valence-electron chi connectivity index (χ1n) is 3.53. The molecule has 0 radical (unpaired) electrons. The molecule has 7 heteroatoms. The summed E-state index contributed by atoms with van der Waals surface area (Å²) >= 11 is 0. The first kappa shape index (κ1) is 10.5. The van der Waals surface area contributed by atoms with Crippen LogP contribution in [0.2, 0.25) is 0 Å². The zero-order chi connectivity index (χ0) is 10.8. The smallest absolute Gasteiger partial charge is 0.337 e. The van der Waals surface area contributed by atoms with E-state index in [1.165, 1.54) is 24.3 Å². The van der Waals surface area contributed by atoms with Gasteiger partial charge in [0.2, 0.25) is 0 Å². The summed E-state index contributed by atoms with van der Waals surface area (Å²) in [6.07, 6.45) is 0. The van der Waals surface area contributed by atoms with E-state index >= 15 is 0 Å². The molecule has 0 atom stereocenters. The second kappa shape index (κ2) is 3.64. The lowest BCUT2D eigenvalue weighted by Crippen LogP contribution is -2.23. The number of benzene rings is 1.